The highest BCUT2D eigenvalue weighted by Crippen LogP contribution is 2.42. The van der Waals surface area contributed by atoms with E-state index in [0.29, 0.717) is 75.1 Å². The molecule has 5 aromatic carbocycles. The first-order valence-corrected chi connectivity index (χ1v) is 40.3. The van der Waals surface area contributed by atoms with Crippen LogP contribution in [0.5, 0.6) is 57.5 Å². The Balaban J connectivity index is 1.67. The molecule has 0 aliphatic heterocycles. The van der Waals surface area contributed by atoms with Crippen LogP contribution in [0.4, 0.5) is 22.7 Å². The summed E-state index contributed by atoms with van der Waals surface area (Å²) in [6.45, 7) is 38.2. The van der Waals surface area contributed by atoms with Gasteiger partial charge in [0.15, 0.2) is 0 Å². The molecule has 6 atom stereocenters. The Morgan fingerprint density at radius 2 is 0.414 bits per heavy atom. The summed E-state index contributed by atoms with van der Waals surface area (Å²) in [5.74, 6) is -4.09. The van der Waals surface area contributed by atoms with Crippen molar-refractivity contribution in [3.05, 3.63) is 94.0 Å². The van der Waals surface area contributed by atoms with Crippen LogP contribution >= 0.6 is 0 Å². The number of methoxy groups -OCH3 is 4. The molecule has 0 bridgehead atoms. The average Bonchev–Trinajstić information content (AvgIpc) is 0.788. The summed E-state index contributed by atoms with van der Waals surface area (Å²) in [6, 6.07) is 13.3. The minimum atomic E-state index is -1.39. The summed E-state index contributed by atoms with van der Waals surface area (Å²) in [4.78, 5) is 87.1. The largest absolute Gasteiger partial charge is 0.494 e. The fraction of sp³-hybridized carbons (Fsp3) is 0.591. The molecule has 5 aromatic rings. The zero-order valence-electron chi connectivity index (χ0n) is 72.3. The van der Waals surface area contributed by atoms with Gasteiger partial charge in [0.05, 0.1) is 110 Å². The van der Waals surface area contributed by atoms with E-state index >= 15 is 9.59 Å². The molecule has 4 amide bonds. The van der Waals surface area contributed by atoms with Gasteiger partial charge in [-0.1, -0.05) is 83.1 Å². The first-order chi connectivity index (χ1) is 55.0. The van der Waals surface area contributed by atoms with E-state index in [2.05, 4.69) is 104 Å². The molecular weight excluding hydrogens is 1500 g/mol. The van der Waals surface area contributed by atoms with Crippen molar-refractivity contribution in [2.45, 2.75) is 200 Å². The smallest absolute Gasteiger partial charge is 0.339 e. The molecule has 0 aliphatic rings. The van der Waals surface area contributed by atoms with E-state index in [-0.39, 0.29) is 153 Å². The van der Waals surface area contributed by atoms with Gasteiger partial charge in [0, 0.05) is 70.0 Å². The Morgan fingerprint density at radius 1 is 0.250 bits per heavy atom. The zero-order valence-corrected chi connectivity index (χ0v) is 72.3. The van der Waals surface area contributed by atoms with Crippen molar-refractivity contribution < 1.29 is 115 Å². The Bertz CT molecular complexity index is 3690. The molecule has 0 aromatic heterocycles. The van der Waals surface area contributed by atoms with Crippen LogP contribution in [0.15, 0.2) is 60.7 Å². The van der Waals surface area contributed by atoms with Gasteiger partial charge in [-0.3, -0.25) is 19.2 Å². The van der Waals surface area contributed by atoms with Crippen molar-refractivity contribution in [1.82, 2.24) is 0 Å². The lowest BCUT2D eigenvalue weighted by molar-refractivity contribution is 0.0247. The van der Waals surface area contributed by atoms with Crippen LogP contribution < -0.4 is 68.6 Å². The Hall–Kier alpha value is -9.32. The summed E-state index contributed by atoms with van der Waals surface area (Å²) in [6.07, 6.45) is 1.93. The number of hydrogen-bond acceptors (Lipinski definition) is 22. The Kier molecular flexibility index (Phi) is 41.7. The van der Waals surface area contributed by atoms with E-state index < -0.39 is 72.2 Å². The fourth-order valence-corrected chi connectivity index (χ4v) is 11.0. The molecule has 646 valence electrons. The van der Waals surface area contributed by atoms with Gasteiger partial charge in [0.1, 0.15) is 108 Å². The summed E-state index contributed by atoms with van der Waals surface area (Å²) in [5.41, 5.74) is -1.60. The van der Waals surface area contributed by atoms with Crippen LogP contribution in [-0.2, 0) is 28.4 Å². The third kappa shape index (κ3) is 33.0. The number of benzene rings is 5. The minimum Gasteiger partial charge on any atom is -0.494 e. The molecule has 0 aliphatic carbocycles. The highest BCUT2D eigenvalue weighted by Gasteiger charge is 2.31. The predicted molar refractivity (Wildman–Crippen MR) is 446 cm³/mol. The number of ether oxygens (including phenoxy) is 16. The number of carboxylic acids is 2. The molecule has 5 rings (SSSR count). The van der Waals surface area contributed by atoms with Gasteiger partial charge in [-0.05, 0) is 146 Å². The van der Waals surface area contributed by atoms with Gasteiger partial charge in [-0.25, -0.2) is 9.59 Å². The summed E-state index contributed by atoms with van der Waals surface area (Å²) in [5, 5.41) is 32.7. The topological polar surface area (TPSA) is 339 Å². The molecule has 0 saturated carbocycles. The predicted octanol–water partition coefficient (Wildman–Crippen LogP) is 17.1. The van der Waals surface area contributed by atoms with Gasteiger partial charge in [0.25, 0.3) is 23.6 Å². The second-order valence-electron chi connectivity index (χ2n) is 31.5. The van der Waals surface area contributed by atoms with Crippen molar-refractivity contribution in [2.24, 2.45) is 35.5 Å². The number of rotatable bonds is 56. The standard InChI is InChI=1S/C88H130N4O24/c1-51(2)23-29-105-57(13)45-111-73-40-74(112-46-58(14)106-30-24-52(3)4)64(84(94)90-70-39-72(82(104-22)44-80(70)102-20)92-86(96)66-37-68(88(99)100)78(116-50-62(18)110-34-28-56(11)12)42-76(66)114-48-60(16)108-32-26-54(7)8)35-63(73)83(93)89-69-38-71(81(103-21)43-79(69)101-19)91-85(95)65-36-67(87(97)98)77(115-49-61(17)109-33-27-55(9)10)41-75(65)113-47-59(15)107-31-25-53(5)6/h35-44,51-62H,23-34,45-50H2,1-22H3,(H,89,93)(H,90,94)(H,91,95)(H,92,96)(H,97,98)(H,99,100). The SMILES string of the molecule is COc1cc(OC)c(NC(=O)c2cc(C(=O)Nc3cc(NC(=O)c4cc(C(=O)O)c(OCC(C)OCCC(C)C)cc4OCC(C)OCCC(C)C)c(OC)cc3OC)c(OCC(C)OCCC(C)C)cc2OCC(C)OCCC(C)C)cc1NC(=O)c1cc(C(=O)O)c(OCC(C)OCCC(C)C)cc1OCC(C)OCCC(C)C. The first kappa shape index (κ1) is 97.3. The molecule has 0 radical (unpaired) electrons. The third-order valence-corrected chi connectivity index (χ3v) is 18.1. The van der Waals surface area contributed by atoms with E-state index in [4.69, 9.17) is 75.8 Å². The number of amides is 4. The van der Waals surface area contributed by atoms with Gasteiger partial charge >= 0.3 is 11.9 Å². The molecule has 0 heterocycles. The highest BCUT2D eigenvalue weighted by atomic mass is 16.6. The number of nitrogens with one attached hydrogen (secondary N) is 4. The van der Waals surface area contributed by atoms with E-state index in [1.807, 2.05) is 41.5 Å². The zero-order chi connectivity index (χ0) is 85.9. The van der Waals surface area contributed by atoms with Crippen LogP contribution in [0.3, 0.4) is 0 Å². The van der Waals surface area contributed by atoms with Crippen molar-refractivity contribution in [3.63, 3.8) is 0 Å². The van der Waals surface area contributed by atoms with Crippen molar-refractivity contribution in [1.29, 1.82) is 0 Å². The van der Waals surface area contributed by atoms with Gasteiger partial charge in [-0.2, -0.15) is 0 Å². The average molecular weight is 1630 g/mol. The lowest BCUT2D eigenvalue weighted by Crippen LogP contribution is -2.24. The van der Waals surface area contributed by atoms with Gasteiger partial charge in [0.2, 0.25) is 0 Å². The third-order valence-electron chi connectivity index (χ3n) is 18.1. The fourth-order valence-electron chi connectivity index (χ4n) is 11.0. The maximum Gasteiger partial charge on any atom is 0.339 e. The summed E-state index contributed by atoms with van der Waals surface area (Å²) < 4.78 is 97.4. The van der Waals surface area contributed by atoms with Crippen molar-refractivity contribution in [3.8, 4) is 57.5 Å². The molecule has 0 spiro atoms. The second kappa shape index (κ2) is 49.7. The van der Waals surface area contributed by atoms with Crippen molar-refractivity contribution >= 4 is 58.3 Å². The molecule has 28 heteroatoms. The molecule has 116 heavy (non-hydrogen) atoms. The van der Waals surface area contributed by atoms with Gasteiger partial charge in [-0.15, -0.1) is 0 Å². The summed E-state index contributed by atoms with van der Waals surface area (Å²) >= 11 is 0. The summed E-state index contributed by atoms with van der Waals surface area (Å²) in [7, 11) is 5.42. The minimum absolute atomic E-state index is 0.0171. The molecule has 6 unspecified atom stereocenters. The number of anilines is 4. The monoisotopic (exact) mass is 1630 g/mol. The van der Waals surface area contributed by atoms with E-state index in [0.717, 1.165) is 50.7 Å². The number of aromatic carboxylic acids is 2. The molecule has 28 nitrogen and oxygen atoms in total. The van der Waals surface area contributed by atoms with Crippen LogP contribution in [0, 0.1) is 35.5 Å². The highest BCUT2D eigenvalue weighted by molar-refractivity contribution is 6.14. The first-order valence-electron chi connectivity index (χ1n) is 40.3. The van der Waals surface area contributed by atoms with E-state index in [1.54, 1.807) is 0 Å². The number of carbonyl (C=O) groups is 6. The van der Waals surface area contributed by atoms with Crippen LogP contribution in [0.2, 0.25) is 0 Å². The number of hydrogen-bond donors (Lipinski definition) is 6. The van der Waals surface area contributed by atoms with E-state index in [1.165, 1.54) is 77.0 Å². The van der Waals surface area contributed by atoms with Crippen molar-refractivity contribution in [2.75, 3.05) is 129 Å². The van der Waals surface area contributed by atoms with Crippen LogP contribution in [0.25, 0.3) is 0 Å². The Morgan fingerprint density at radius 3 is 0.578 bits per heavy atom. The van der Waals surface area contributed by atoms with Crippen LogP contribution in [0.1, 0.15) is 225 Å². The molecule has 0 saturated heterocycles. The number of carboxylic acid groups (broad SMARTS) is 2. The molecule has 6 N–H and O–H groups in total. The quantitative estimate of drug-likeness (QED) is 0.0211. The van der Waals surface area contributed by atoms with E-state index in [9.17, 15) is 29.4 Å². The second-order valence-corrected chi connectivity index (χ2v) is 31.5. The van der Waals surface area contributed by atoms with Crippen LogP contribution in [-0.4, -0.2) is 190 Å². The lowest BCUT2D eigenvalue weighted by Gasteiger charge is -2.22. The van der Waals surface area contributed by atoms with Gasteiger partial charge < -0.3 is 107 Å². The maximum atomic E-state index is 15.5. The Labute approximate surface area is 685 Å². The lowest BCUT2D eigenvalue weighted by atomic mass is 10.1. The molecule has 0 fully saturated rings. The number of carbonyl (C=O) groups excluding carboxylic acids is 4. The molecular formula is C88H130N4O24. The maximum absolute atomic E-state index is 15.5. The normalized spacial score (nSPS) is 13.1.